The zero-order valence-electron chi connectivity index (χ0n) is 12.1. The van der Waals surface area contributed by atoms with Gasteiger partial charge in [-0.25, -0.2) is 0 Å². The summed E-state index contributed by atoms with van der Waals surface area (Å²) >= 11 is 0. The zero-order valence-corrected chi connectivity index (χ0v) is 12.1. The number of hydrogen-bond donors (Lipinski definition) is 2. The third kappa shape index (κ3) is 3.57. The molecule has 104 valence electrons. The lowest BCUT2D eigenvalue weighted by atomic mass is 9.91. The molecular weight excluding hydrogens is 236 g/mol. The van der Waals surface area contributed by atoms with E-state index in [2.05, 4.69) is 11.4 Å². The van der Waals surface area contributed by atoms with Gasteiger partial charge in [0.25, 0.3) is 0 Å². The molecule has 0 spiro atoms. The average Bonchev–Trinajstić information content (AvgIpc) is 3.06. The van der Waals surface area contributed by atoms with E-state index < -0.39 is 0 Å². The standard InChI is InChI=1S/C16H24N2O/c1-11(2)18-15(19)12(3)14-7-5-4-6-13(14)10-16(17)8-9-16/h4-7,11-12H,8-10,17H2,1-3H3,(H,18,19). The van der Waals surface area contributed by atoms with Gasteiger partial charge in [0, 0.05) is 11.6 Å². The predicted octanol–water partition coefficient (Wildman–Crippen LogP) is 2.35. The highest BCUT2D eigenvalue weighted by Crippen LogP contribution is 2.37. The molecule has 1 unspecified atom stereocenters. The van der Waals surface area contributed by atoms with Crippen molar-refractivity contribution in [1.82, 2.24) is 5.32 Å². The molecule has 1 aliphatic carbocycles. The first-order valence-corrected chi connectivity index (χ1v) is 7.08. The van der Waals surface area contributed by atoms with Crippen molar-refractivity contribution in [2.24, 2.45) is 5.73 Å². The van der Waals surface area contributed by atoms with Crippen molar-refractivity contribution in [1.29, 1.82) is 0 Å². The zero-order chi connectivity index (χ0) is 14.0. The summed E-state index contributed by atoms with van der Waals surface area (Å²) < 4.78 is 0. The predicted molar refractivity (Wildman–Crippen MR) is 78.0 cm³/mol. The normalized spacial score (nSPS) is 18.2. The van der Waals surface area contributed by atoms with E-state index in [1.165, 1.54) is 5.56 Å². The lowest BCUT2D eigenvalue weighted by molar-refractivity contribution is -0.122. The summed E-state index contributed by atoms with van der Waals surface area (Å²) in [6.07, 6.45) is 3.06. The van der Waals surface area contributed by atoms with Gasteiger partial charge >= 0.3 is 0 Å². The van der Waals surface area contributed by atoms with Crippen molar-refractivity contribution in [2.45, 2.75) is 57.5 Å². The van der Waals surface area contributed by atoms with Crippen LogP contribution in [0.5, 0.6) is 0 Å². The molecule has 1 amide bonds. The van der Waals surface area contributed by atoms with E-state index in [1.807, 2.05) is 39.0 Å². The second-order valence-electron chi connectivity index (χ2n) is 6.12. The lowest BCUT2D eigenvalue weighted by Crippen LogP contribution is -2.34. The van der Waals surface area contributed by atoms with Gasteiger partial charge in [0.1, 0.15) is 0 Å². The molecule has 1 fully saturated rings. The quantitative estimate of drug-likeness (QED) is 0.854. The summed E-state index contributed by atoms with van der Waals surface area (Å²) in [6, 6.07) is 8.34. The summed E-state index contributed by atoms with van der Waals surface area (Å²) in [5.41, 5.74) is 8.51. The van der Waals surface area contributed by atoms with Crippen LogP contribution in [0.3, 0.4) is 0 Å². The number of benzene rings is 1. The molecule has 0 bridgehead atoms. The minimum absolute atomic E-state index is 0.0235. The van der Waals surface area contributed by atoms with E-state index in [0.717, 1.165) is 24.8 Å². The third-order valence-corrected chi connectivity index (χ3v) is 3.78. The van der Waals surface area contributed by atoms with E-state index >= 15 is 0 Å². The Morgan fingerprint density at radius 3 is 2.53 bits per heavy atom. The largest absolute Gasteiger partial charge is 0.353 e. The van der Waals surface area contributed by atoms with Gasteiger partial charge in [0.15, 0.2) is 0 Å². The van der Waals surface area contributed by atoms with Gasteiger partial charge in [0.2, 0.25) is 5.91 Å². The number of carbonyl (C=O) groups excluding carboxylic acids is 1. The lowest BCUT2D eigenvalue weighted by Gasteiger charge is -2.19. The van der Waals surface area contributed by atoms with Crippen molar-refractivity contribution < 1.29 is 4.79 Å². The average molecular weight is 260 g/mol. The maximum Gasteiger partial charge on any atom is 0.227 e. The number of nitrogens with two attached hydrogens (primary N) is 1. The number of nitrogens with one attached hydrogen (secondary N) is 1. The van der Waals surface area contributed by atoms with Crippen LogP contribution in [0.25, 0.3) is 0 Å². The molecular formula is C16H24N2O. The van der Waals surface area contributed by atoms with Crippen LogP contribution in [0.2, 0.25) is 0 Å². The Bertz CT molecular complexity index is 464. The first kappa shape index (κ1) is 14.1. The monoisotopic (exact) mass is 260 g/mol. The van der Waals surface area contributed by atoms with Crippen LogP contribution >= 0.6 is 0 Å². The number of amides is 1. The smallest absolute Gasteiger partial charge is 0.227 e. The highest BCUT2D eigenvalue weighted by Gasteiger charge is 2.38. The van der Waals surface area contributed by atoms with Crippen LogP contribution < -0.4 is 11.1 Å². The van der Waals surface area contributed by atoms with Gasteiger partial charge in [0.05, 0.1) is 5.92 Å². The van der Waals surface area contributed by atoms with E-state index in [9.17, 15) is 4.79 Å². The summed E-state index contributed by atoms with van der Waals surface area (Å²) in [7, 11) is 0. The van der Waals surface area contributed by atoms with E-state index in [1.54, 1.807) is 0 Å². The maximum absolute atomic E-state index is 12.1. The molecule has 1 aromatic carbocycles. The molecule has 0 aliphatic heterocycles. The number of carbonyl (C=O) groups is 1. The van der Waals surface area contributed by atoms with Crippen LogP contribution in [0.4, 0.5) is 0 Å². The first-order valence-electron chi connectivity index (χ1n) is 7.08. The highest BCUT2D eigenvalue weighted by molar-refractivity contribution is 5.83. The Morgan fingerprint density at radius 2 is 1.95 bits per heavy atom. The van der Waals surface area contributed by atoms with Gasteiger partial charge in [-0.05, 0) is 51.2 Å². The van der Waals surface area contributed by atoms with Crippen LogP contribution in [0.1, 0.15) is 50.7 Å². The fraction of sp³-hybridized carbons (Fsp3) is 0.562. The van der Waals surface area contributed by atoms with Crippen LogP contribution in [-0.4, -0.2) is 17.5 Å². The highest BCUT2D eigenvalue weighted by atomic mass is 16.1. The Labute approximate surface area is 115 Å². The molecule has 1 aliphatic rings. The van der Waals surface area contributed by atoms with Gasteiger partial charge in [-0.2, -0.15) is 0 Å². The molecule has 3 N–H and O–H groups in total. The van der Waals surface area contributed by atoms with Gasteiger partial charge in [-0.1, -0.05) is 24.3 Å². The van der Waals surface area contributed by atoms with Crippen molar-refractivity contribution in [3.63, 3.8) is 0 Å². The fourth-order valence-electron chi connectivity index (χ4n) is 2.38. The van der Waals surface area contributed by atoms with Crippen LogP contribution in [-0.2, 0) is 11.2 Å². The Kier molecular flexibility index (Phi) is 3.95. The van der Waals surface area contributed by atoms with Crippen molar-refractivity contribution in [3.05, 3.63) is 35.4 Å². The molecule has 3 nitrogen and oxygen atoms in total. The minimum Gasteiger partial charge on any atom is -0.353 e. The molecule has 0 heterocycles. The topological polar surface area (TPSA) is 55.1 Å². The van der Waals surface area contributed by atoms with Crippen molar-refractivity contribution >= 4 is 5.91 Å². The Balaban J connectivity index is 2.16. The summed E-state index contributed by atoms with van der Waals surface area (Å²) in [5, 5.41) is 2.98. The SMILES string of the molecule is CC(C)NC(=O)C(C)c1ccccc1CC1(N)CC1. The second-order valence-corrected chi connectivity index (χ2v) is 6.12. The van der Waals surface area contributed by atoms with E-state index in [4.69, 9.17) is 5.73 Å². The van der Waals surface area contributed by atoms with Crippen molar-refractivity contribution in [2.75, 3.05) is 0 Å². The molecule has 1 saturated carbocycles. The molecule has 0 radical (unpaired) electrons. The van der Waals surface area contributed by atoms with Gasteiger partial charge < -0.3 is 11.1 Å². The summed E-state index contributed by atoms with van der Waals surface area (Å²) in [6.45, 7) is 5.93. The molecule has 1 aromatic rings. The third-order valence-electron chi connectivity index (χ3n) is 3.78. The minimum atomic E-state index is -0.124. The van der Waals surface area contributed by atoms with Crippen LogP contribution in [0, 0.1) is 0 Å². The van der Waals surface area contributed by atoms with Gasteiger partial charge in [-0.3, -0.25) is 4.79 Å². The second kappa shape index (κ2) is 5.33. The van der Waals surface area contributed by atoms with E-state index in [0.29, 0.717) is 0 Å². The maximum atomic E-state index is 12.1. The summed E-state index contributed by atoms with van der Waals surface area (Å²) in [5.74, 6) is -0.0368. The van der Waals surface area contributed by atoms with Crippen molar-refractivity contribution in [3.8, 4) is 0 Å². The molecule has 0 aromatic heterocycles. The van der Waals surface area contributed by atoms with Gasteiger partial charge in [-0.15, -0.1) is 0 Å². The Morgan fingerprint density at radius 1 is 1.32 bits per heavy atom. The molecule has 2 rings (SSSR count). The molecule has 19 heavy (non-hydrogen) atoms. The molecule has 1 atom stereocenters. The summed E-state index contributed by atoms with van der Waals surface area (Å²) in [4.78, 5) is 12.1. The Hall–Kier alpha value is -1.35. The van der Waals surface area contributed by atoms with Crippen LogP contribution in [0.15, 0.2) is 24.3 Å². The molecule has 0 saturated heterocycles. The van der Waals surface area contributed by atoms with E-state index in [-0.39, 0.29) is 23.4 Å². The molecule has 3 heteroatoms. The number of rotatable bonds is 5. The first-order chi connectivity index (χ1) is 8.91. The number of hydrogen-bond acceptors (Lipinski definition) is 2. The fourth-order valence-corrected chi connectivity index (χ4v) is 2.38.